The van der Waals surface area contributed by atoms with Crippen molar-refractivity contribution >= 4 is 11.8 Å². The van der Waals surface area contributed by atoms with Gasteiger partial charge in [0.25, 0.3) is 0 Å². The fourth-order valence-corrected chi connectivity index (χ4v) is 3.98. The second-order valence-electron chi connectivity index (χ2n) is 7.57. The normalized spacial score (nSPS) is 15.1. The van der Waals surface area contributed by atoms with Crippen LogP contribution in [0.1, 0.15) is 33.5 Å². The molecule has 4 aromatic rings. The van der Waals surface area contributed by atoms with Crippen LogP contribution in [0.3, 0.4) is 0 Å². The van der Waals surface area contributed by atoms with Gasteiger partial charge in [-0.15, -0.1) is 0 Å². The second-order valence-corrected chi connectivity index (χ2v) is 7.57. The minimum atomic E-state index is -0.746. The van der Waals surface area contributed by atoms with Crippen LogP contribution in [-0.4, -0.2) is 28.8 Å². The zero-order chi connectivity index (χ0) is 23.5. The van der Waals surface area contributed by atoms with Crippen LogP contribution in [-0.2, 0) is 16.1 Å². The quantitative estimate of drug-likeness (QED) is 0.372. The highest BCUT2D eigenvalue weighted by atomic mass is 19.1. The van der Waals surface area contributed by atoms with Gasteiger partial charge in [-0.05, 0) is 41.5 Å². The van der Waals surface area contributed by atoms with E-state index in [2.05, 4.69) is 10.1 Å². The fraction of sp³-hybridized carbons (Fsp3) is 0.115. The molecule has 0 radical (unpaired) electrons. The van der Waals surface area contributed by atoms with E-state index in [9.17, 15) is 9.18 Å². The molecule has 3 heterocycles. The Hall–Kier alpha value is -4.46. The molecule has 0 amide bonds. The third kappa shape index (κ3) is 3.90. The molecule has 8 heteroatoms. The molecule has 34 heavy (non-hydrogen) atoms. The maximum absolute atomic E-state index is 14.6. The molecule has 0 spiro atoms. The van der Waals surface area contributed by atoms with Gasteiger partial charge in [0.2, 0.25) is 12.1 Å². The van der Waals surface area contributed by atoms with Crippen molar-refractivity contribution in [3.8, 4) is 11.1 Å². The number of ether oxygens (including phenoxy) is 1. The number of hydrogen-bond acceptors (Lipinski definition) is 7. The monoisotopic (exact) mass is 457 g/mol. The molecule has 0 aliphatic carbocycles. The Labute approximate surface area is 195 Å². The molecule has 1 aliphatic heterocycles. The van der Waals surface area contributed by atoms with Crippen molar-refractivity contribution in [3.05, 3.63) is 114 Å². The summed E-state index contributed by atoms with van der Waals surface area (Å²) in [6.45, 7) is 0.261. The Kier molecular flexibility index (Phi) is 5.78. The number of esters is 1. The van der Waals surface area contributed by atoms with Gasteiger partial charge in [0.05, 0.1) is 25.5 Å². The van der Waals surface area contributed by atoms with E-state index in [0.29, 0.717) is 33.8 Å². The van der Waals surface area contributed by atoms with Gasteiger partial charge in [-0.3, -0.25) is 4.98 Å². The SMILES string of the molecule is COC(=O)c1ccccc1C1ON=C(c2ccco2)N1Cc1cnccc1-c1ccccc1F. The smallest absolute Gasteiger partial charge is 0.338 e. The van der Waals surface area contributed by atoms with E-state index in [1.165, 1.54) is 13.2 Å². The number of hydrogen-bond donors (Lipinski definition) is 0. The third-order valence-electron chi connectivity index (χ3n) is 5.58. The summed E-state index contributed by atoms with van der Waals surface area (Å²) in [7, 11) is 1.33. The summed E-state index contributed by atoms with van der Waals surface area (Å²) in [6.07, 6.45) is 4.10. The Balaban J connectivity index is 1.59. The van der Waals surface area contributed by atoms with Crippen LogP contribution in [0.25, 0.3) is 11.1 Å². The van der Waals surface area contributed by atoms with E-state index in [1.807, 2.05) is 11.0 Å². The van der Waals surface area contributed by atoms with Gasteiger partial charge in [-0.25, -0.2) is 9.18 Å². The largest absolute Gasteiger partial charge is 0.465 e. The number of benzene rings is 2. The number of oxime groups is 1. The van der Waals surface area contributed by atoms with Crippen LogP contribution in [0.5, 0.6) is 0 Å². The number of methoxy groups -OCH3 is 1. The average Bonchev–Trinajstić information content (AvgIpc) is 3.54. The minimum Gasteiger partial charge on any atom is -0.465 e. The first-order valence-electron chi connectivity index (χ1n) is 10.6. The summed E-state index contributed by atoms with van der Waals surface area (Å²) < 4.78 is 25.2. The molecular weight excluding hydrogens is 437 g/mol. The molecule has 2 aromatic heterocycles. The molecule has 7 nitrogen and oxygen atoms in total. The lowest BCUT2D eigenvalue weighted by Crippen LogP contribution is -2.31. The lowest BCUT2D eigenvalue weighted by Gasteiger charge is -2.26. The summed E-state index contributed by atoms with van der Waals surface area (Å²) in [5.74, 6) is 0.117. The summed E-state index contributed by atoms with van der Waals surface area (Å²) in [5, 5.41) is 4.26. The maximum Gasteiger partial charge on any atom is 0.338 e. The summed E-state index contributed by atoms with van der Waals surface area (Å²) >= 11 is 0. The number of carbonyl (C=O) groups is 1. The van der Waals surface area contributed by atoms with Gasteiger partial charge < -0.3 is 18.9 Å². The molecule has 5 rings (SSSR count). The number of furan rings is 1. The van der Waals surface area contributed by atoms with Crippen LogP contribution < -0.4 is 0 Å². The first-order valence-corrected chi connectivity index (χ1v) is 10.6. The summed E-state index contributed by atoms with van der Waals surface area (Å²) in [6, 6.07) is 18.9. The lowest BCUT2D eigenvalue weighted by atomic mass is 10.00. The van der Waals surface area contributed by atoms with E-state index in [-0.39, 0.29) is 12.4 Å². The Bertz CT molecular complexity index is 1350. The van der Waals surface area contributed by atoms with Crippen LogP contribution in [0.2, 0.25) is 0 Å². The van der Waals surface area contributed by atoms with Crippen molar-refractivity contribution in [2.75, 3.05) is 7.11 Å². The molecule has 1 unspecified atom stereocenters. The summed E-state index contributed by atoms with van der Waals surface area (Å²) in [5.41, 5.74) is 2.84. The number of halogens is 1. The van der Waals surface area contributed by atoms with Crippen molar-refractivity contribution in [1.29, 1.82) is 0 Å². The van der Waals surface area contributed by atoms with Crippen molar-refractivity contribution in [1.82, 2.24) is 9.88 Å². The average molecular weight is 457 g/mol. The second kappa shape index (κ2) is 9.19. The van der Waals surface area contributed by atoms with Crippen LogP contribution in [0, 0.1) is 5.82 Å². The number of nitrogens with zero attached hydrogens (tertiary/aromatic N) is 3. The predicted octanol–water partition coefficient (Wildman–Crippen LogP) is 5.16. The van der Waals surface area contributed by atoms with Gasteiger partial charge in [0.15, 0.2) is 5.76 Å². The number of rotatable bonds is 6. The highest BCUT2D eigenvalue weighted by Gasteiger charge is 2.36. The molecule has 0 N–H and O–H groups in total. The predicted molar refractivity (Wildman–Crippen MR) is 122 cm³/mol. The summed E-state index contributed by atoms with van der Waals surface area (Å²) in [4.78, 5) is 24.4. The highest BCUT2D eigenvalue weighted by molar-refractivity contribution is 5.97. The molecule has 2 aromatic carbocycles. The van der Waals surface area contributed by atoms with Gasteiger partial charge >= 0.3 is 5.97 Å². The van der Waals surface area contributed by atoms with Gasteiger partial charge in [-0.2, -0.15) is 0 Å². The molecule has 0 saturated heterocycles. The molecule has 170 valence electrons. The van der Waals surface area contributed by atoms with E-state index in [0.717, 1.165) is 5.56 Å². The van der Waals surface area contributed by atoms with Gasteiger partial charge in [0.1, 0.15) is 5.82 Å². The molecule has 0 bridgehead atoms. The Morgan fingerprint density at radius 2 is 1.88 bits per heavy atom. The molecule has 1 atom stereocenters. The highest BCUT2D eigenvalue weighted by Crippen LogP contribution is 2.36. The maximum atomic E-state index is 14.6. The molecule has 1 aliphatic rings. The number of pyridine rings is 1. The topological polar surface area (TPSA) is 77.2 Å². The molecule has 0 saturated carbocycles. The number of amidine groups is 1. The van der Waals surface area contributed by atoms with Crippen LogP contribution in [0.15, 0.2) is 95.0 Å². The lowest BCUT2D eigenvalue weighted by molar-refractivity contribution is 0.00444. The molecule has 0 fully saturated rings. The van der Waals surface area contributed by atoms with Crippen molar-refractivity contribution in [3.63, 3.8) is 0 Å². The number of aromatic nitrogens is 1. The number of carbonyl (C=O) groups excluding carboxylic acids is 1. The minimum absolute atomic E-state index is 0.261. The standard InChI is InChI=1S/C26H20FN3O4/c1-32-26(31)21-9-3-2-8-20(21)25-30(24(29-34-25)23-11-6-14-33-23)16-17-15-28-13-12-18(17)19-7-4-5-10-22(19)27/h2-15,25H,16H2,1H3. The van der Waals surface area contributed by atoms with E-state index < -0.39 is 12.2 Å². The third-order valence-corrected chi connectivity index (χ3v) is 5.58. The van der Waals surface area contributed by atoms with E-state index in [4.69, 9.17) is 14.0 Å². The van der Waals surface area contributed by atoms with Gasteiger partial charge in [0, 0.05) is 23.5 Å². The van der Waals surface area contributed by atoms with Gasteiger partial charge in [-0.1, -0.05) is 41.6 Å². The zero-order valence-electron chi connectivity index (χ0n) is 18.2. The van der Waals surface area contributed by atoms with Crippen LogP contribution >= 0.6 is 0 Å². The van der Waals surface area contributed by atoms with Crippen LogP contribution in [0.4, 0.5) is 4.39 Å². The van der Waals surface area contributed by atoms with E-state index >= 15 is 0 Å². The first-order chi connectivity index (χ1) is 16.7. The fourth-order valence-electron chi connectivity index (χ4n) is 3.98. The molecular formula is C26H20FN3O4. The van der Waals surface area contributed by atoms with Crippen molar-refractivity contribution < 1.29 is 23.2 Å². The van der Waals surface area contributed by atoms with Crippen molar-refractivity contribution in [2.45, 2.75) is 12.8 Å². The van der Waals surface area contributed by atoms with E-state index in [1.54, 1.807) is 73.3 Å². The first kappa shape index (κ1) is 21.4. The Morgan fingerprint density at radius 3 is 2.68 bits per heavy atom. The Morgan fingerprint density at radius 1 is 1.06 bits per heavy atom. The zero-order valence-corrected chi connectivity index (χ0v) is 18.2. The van der Waals surface area contributed by atoms with Crippen molar-refractivity contribution in [2.24, 2.45) is 5.16 Å².